The van der Waals surface area contributed by atoms with Crippen LogP contribution in [-0.4, -0.2) is 0 Å². The molecule has 1 aromatic rings. The minimum atomic E-state index is 0.445. The Morgan fingerprint density at radius 1 is 1.43 bits per heavy atom. The second kappa shape index (κ2) is 5.58. The summed E-state index contributed by atoms with van der Waals surface area (Å²) in [6.07, 6.45) is 0.950. The Balaban J connectivity index is 2.69. The zero-order valence-electron chi connectivity index (χ0n) is 8.80. The fourth-order valence-electron chi connectivity index (χ4n) is 1.21. The smallest absolute Gasteiger partial charge is 0.0701 e. The van der Waals surface area contributed by atoms with Crippen molar-refractivity contribution >= 4 is 27.3 Å². The fraction of sp³-hybridized carbons (Fsp3) is 0.500. The molecule has 0 radical (unpaired) electrons. The molecule has 0 bridgehead atoms. The first-order valence-electron chi connectivity index (χ1n) is 4.88. The van der Waals surface area contributed by atoms with Crippen molar-refractivity contribution in [2.45, 2.75) is 33.1 Å². The molecule has 0 spiro atoms. The van der Waals surface area contributed by atoms with Crippen LogP contribution in [-0.2, 0) is 0 Å². The minimum absolute atomic E-state index is 0.445. The Hall–Kier alpha value is -0.260. The van der Waals surface area contributed by atoms with Crippen LogP contribution < -0.4 is 0 Å². The highest BCUT2D eigenvalue weighted by atomic mass is 79.9. The average molecular weight is 271 g/mol. The van der Waals surface area contributed by atoms with Crippen molar-refractivity contribution in [2.75, 3.05) is 0 Å². The Morgan fingerprint density at radius 2 is 2.14 bits per heavy atom. The van der Waals surface area contributed by atoms with Crippen molar-refractivity contribution in [1.29, 1.82) is 0 Å². The standard InChI is InChI=1S/C12H15BrS/c1-4-5-6-9(2)10(3)11-7-8-12(13)14-11/h7-10H,4H2,1-3H3. The summed E-state index contributed by atoms with van der Waals surface area (Å²) in [7, 11) is 0. The van der Waals surface area contributed by atoms with Crippen LogP contribution in [0.5, 0.6) is 0 Å². The molecule has 1 heterocycles. The van der Waals surface area contributed by atoms with E-state index in [-0.39, 0.29) is 0 Å². The first-order chi connectivity index (χ1) is 6.65. The zero-order chi connectivity index (χ0) is 10.6. The molecule has 1 aromatic heterocycles. The number of hydrogen-bond acceptors (Lipinski definition) is 1. The molecular formula is C12H15BrS. The van der Waals surface area contributed by atoms with Gasteiger partial charge in [-0.2, -0.15) is 0 Å². The Morgan fingerprint density at radius 3 is 2.64 bits per heavy atom. The Kier molecular flexibility index (Phi) is 4.71. The number of hydrogen-bond donors (Lipinski definition) is 0. The third kappa shape index (κ3) is 3.15. The molecular weight excluding hydrogens is 256 g/mol. The Bertz CT molecular complexity index is 343. The van der Waals surface area contributed by atoms with Crippen LogP contribution in [0.25, 0.3) is 0 Å². The molecule has 0 aliphatic rings. The van der Waals surface area contributed by atoms with Crippen LogP contribution in [0.1, 0.15) is 38.0 Å². The van der Waals surface area contributed by atoms with Gasteiger partial charge >= 0.3 is 0 Å². The quantitative estimate of drug-likeness (QED) is 0.686. The van der Waals surface area contributed by atoms with Crippen LogP contribution in [0.4, 0.5) is 0 Å². The highest BCUT2D eigenvalue weighted by Gasteiger charge is 2.13. The predicted octanol–water partition coefficient (Wildman–Crippen LogP) is 4.66. The molecule has 0 saturated heterocycles. The summed E-state index contributed by atoms with van der Waals surface area (Å²) in [6, 6.07) is 4.29. The van der Waals surface area contributed by atoms with Gasteiger partial charge in [-0.25, -0.2) is 0 Å². The second-order valence-corrected chi connectivity index (χ2v) is 5.89. The van der Waals surface area contributed by atoms with Crippen LogP contribution in [0.2, 0.25) is 0 Å². The van der Waals surface area contributed by atoms with Crippen LogP contribution in [0.3, 0.4) is 0 Å². The van der Waals surface area contributed by atoms with Gasteiger partial charge in [-0.15, -0.1) is 17.3 Å². The van der Waals surface area contributed by atoms with Crippen molar-refractivity contribution in [3.63, 3.8) is 0 Å². The normalized spacial score (nSPS) is 14.3. The monoisotopic (exact) mass is 270 g/mol. The van der Waals surface area contributed by atoms with Gasteiger partial charge in [0.1, 0.15) is 0 Å². The lowest BCUT2D eigenvalue weighted by Gasteiger charge is -2.12. The van der Waals surface area contributed by atoms with Gasteiger partial charge in [0.15, 0.2) is 0 Å². The molecule has 0 fully saturated rings. The summed E-state index contributed by atoms with van der Waals surface area (Å²) in [5.41, 5.74) is 0. The second-order valence-electron chi connectivity index (χ2n) is 3.39. The van der Waals surface area contributed by atoms with Gasteiger partial charge in [0.05, 0.1) is 3.79 Å². The summed E-state index contributed by atoms with van der Waals surface area (Å²) < 4.78 is 1.20. The van der Waals surface area contributed by atoms with E-state index in [1.54, 1.807) is 11.3 Å². The van der Waals surface area contributed by atoms with Gasteiger partial charge in [-0.3, -0.25) is 0 Å². The maximum atomic E-state index is 3.48. The molecule has 2 heteroatoms. The highest BCUT2D eigenvalue weighted by Crippen LogP contribution is 2.32. The topological polar surface area (TPSA) is 0 Å². The SMILES string of the molecule is CCC#CC(C)C(C)c1ccc(Br)s1. The minimum Gasteiger partial charge on any atom is -0.133 e. The maximum Gasteiger partial charge on any atom is 0.0701 e. The van der Waals surface area contributed by atoms with E-state index in [9.17, 15) is 0 Å². The summed E-state index contributed by atoms with van der Waals surface area (Å²) >= 11 is 5.29. The molecule has 0 nitrogen and oxygen atoms in total. The molecule has 14 heavy (non-hydrogen) atoms. The average Bonchev–Trinajstić information content (AvgIpc) is 2.60. The van der Waals surface area contributed by atoms with E-state index < -0.39 is 0 Å². The van der Waals surface area contributed by atoms with Crippen LogP contribution >= 0.6 is 27.3 Å². The predicted molar refractivity (Wildman–Crippen MR) is 67.7 cm³/mol. The summed E-state index contributed by atoms with van der Waals surface area (Å²) in [4.78, 5) is 1.41. The maximum absolute atomic E-state index is 3.48. The van der Waals surface area contributed by atoms with Gasteiger partial charge in [0.25, 0.3) is 0 Å². The zero-order valence-corrected chi connectivity index (χ0v) is 11.2. The van der Waals surface area contributed by atoms with Crippen LogP contribution in [0, 0.1) is 17.8 Å². The van der Waals surface area contributed by atoms with E-state index in [0.29, 0.717) is 11.8 Å². The van der Waals surface area contributed by atoms with E-state index in [4.69, 9.17) is 0 Å². The van der Waals surface area contributed by atoms with E-state index in [2.05, 4.69) is 60.7 Å². The van der Waals surface area contributed by atoms with Gasteiger partial charge in [0, 0.05) is 23.1 Å². The lowest BCUT2D eigenvalue weighted by molar-refractivity contribution is 0.619. The summed E-state index contributed by atoms with van der Waals surface area (Å²) in [5, 5.41) is 0. The third-order valence-corrected chi connectivity index (χ3v) is 4.12. The molecule has 0 aromatic carbocycles. The van der Waals surface area contributed by atoms with Gasteiger partial charge < -0.3 is 0 Å². The van der Waals surface area contributed by atoms with Crippen molar-refractivity contribution in [1.82, 2.24) is 0 Å². The van der Waals surface area contributed by atoms with E-state index >= 15 is 0 Å². The third-order valence-electron chi connectivity index (χ3n) is 2.30. The van der Waals surface area contributed by atoms with Crippen molar-refractivity contribution in [2.24, 2.45) is 5.92 Å². The van der Waals surface area contributed by atoms with Gasteiger partial charge in [0.2, 0.25) is 0 Å². The first kappa shape index (κ1) is 11.8. The lowest BCUT2D eigenvalue weighted by atomic mass is 9.95. The molecule has 1 rings (SSSR count). The summed E-state index contributed by atoms with van der Waals surface area (Å²) in [6.45, 7) is 6.53. The van der Waals surface area contributed by atoms with Crippen molar-refractivity contribution < 1.29 is 0 Å². The fourth-order valence-corrected chi connectivity index (χ4v) is 2.79. The highest BCUT2D eigenvalue weighted by molar-refractivity contribution is 9.11. The molecule has 0 N–H and O–H groups in total. The van der Waals surface area contributed by atoms with Crippen molar-refractivity contribution in [3.8, 4) is 11.8 Å². The lowest BCUT2D eigenvalue weighted by Crippen LogP contribution is -2.01. The molecule has 0 aliphatic carbocycles. The molecule has 2 unspecified atom stereocenters. The Labute approximate surface area is 98.9 Å². The van der Waals surface area contributed by atoms with E-state index in [0.717, 1.165) is 6.42 Å². The molecule has 2 atom stereocenters. The van der Waals surface area contributed by atoms with E-state index in [1.165, 1.54) is 8.66 Å². The van der Waals surface area contributed by atoms with Gasteiger partial charge in [-0.05, 0) is 28.1 Å². The molecule has 76 valence electrons. The molecule has 0 aliphatic heterocycles. The van der Waals surface area contributed by atoms with Crippen LogP contribution in [0.15, 0.2) is 15.9 Å². The summed E-state index contributed by atoms with van der Waals surface area (Å²) in [5.74, 6) is 7.41. The number of thiophene rings is 1. The van der Waals surface area contributed by atoms with Crippen molar-refractivity contribution in [3.05, 3.63) is 20.8 Å². The molecule has 0 amide bonds. The van der Waals surface area contributed by atoms with E-state index in [1.807, 2.05) is 0 Å². The number of halogens is 1. The number of rotatable bonds is 2. The molecule has 0 saturated carbocycles. The first-order valence-corrected chi connectivity index (χ1v) is 6.49. The largest absolute Gasteiger partial charge is 0.133 e. The van der Waals surface area contributed by atoms with Gasteiger partial charge in [-0.1, -0.05) is 26.7 Å².